The monoisotopic (exact) mass is 293 g/mol. The summed E-state index contributed by atoms with van der Waals surface area (Å²) in [5, 5.41) is 9.17. The summed E-state index contributed by atoms with van der Waals surface area (Å²) in [7, 11) is 0. The number of aliphatic hydroxyl groups is 1. The largest absolute Gasteiger partial charge is 0.414 e. The summed E-state index contributed by atoms with van der Waals surface area (Å²) in [5.41, 5.74) is 0. The van der Waals surface area contributed by atoms with Gasteiger partial charge in [-0.05, 0) is 18.8 Å². The molecule has 1 rings (SSSR count). The predicted molar refractivity (Wildman–Crippen MR) is 65.6 cm³/mol. The molecule has 1 aliphatic rings. The number of likely N-dealkylation sites (tertiary alicyclic amines) is 1. The molecule has 0 aromatic carbocycles. The molecule has 1 fully saturated rings. The molecule has 0 spiro atoms. The maximum atomic E-state index is 12.4. The van der Waals surface area contributed by atoms with E-state index >= 15 is 0 Å². The Kier molecular flexibility index (Phi) is 6.30. The molecular weight excluding hydrogens is 275 g/mol. The number of hydrogen-bond donors (Lipinski definition) is 1. The standard InChI is InChI=1S/C13H18F3NO3/c1-2-8-20-9-5-11(18)17-6-3-10(4-7-17)12(19)13(14,15)16/h1,10,12,19H,3-9H2. The van der Waals surface area contributed by atoms with E-state index in [1.807, 2.05) is 0 Å². The van der Waals surface area contributed by atoms with E-state index < -0.39 is 18.2 Å². The Balaban J connectivity index is 2.31. The Hall–Kier alpha value is -1.26. The van der Waals surface area contributed by atoms with Gasteiger partial charge in [0.25, 0.3) is 0 Å². The van der Waals surface area contributed by atoms with Crippen LogP contribution in [0.15, 0.2) is 0 Å². The van der Waals surface area contributed by atoms with E-state index in [2.05, 4.69) is 5.92 Å². The maximum absolute atomic E-state index is 12.4. The van der Waals surface area contributed by atoms with E-state index in [1.165, 1.54) is 4.90 Å². The summed E-state index contributed by atoms with van der Waals surface area (Å²) in [6, 6.07) is 0. The number of carbonyl (C=O) groups is 1. The van der Waals surface area contributed by atoms with Crippen LogP contribution in [0.5, 0.6) is 0 Å². The fourth-order valence-electron chi connectivity index (χ4n) is 2.18. The number of aliphatic hydroxyl groups excluding tert-OH is 1. The number of rotatable bonds is 5. The van der Waals surface area contributed by atoms with Crippen molar-refractivity contribution in [3.63, 3.8) is 0 Å². The Morgan fingerprint density at radius 2 is 2.05 bits per heavy atom. The van der Waals surface area contributed by atoms with Gasteiger partial charge < -0.3 is 14.7 Å². The van der Waals surface area contributed by atoms with E-state index in [4.69, 9.17) is 16.3 Å². The number of halogens is 3. The molecule has 1 aliphatic heterocycles. The van der Waals surface area contributed by atoms with Gasteiger partial charge in [0.05, 0.1) is 13.0 Å². The van der Waals surface area contributed by atoms with Gasteiger partial charge in [-0.3, -0.25) is 4.79 Å². The van der Waals surface area contributed by atoms with Crippen molar-refractivity contribution >= 4 is 5.91 Å². The van der Waals surface area contributed by atoms with Crippen LogP contribution in [0.1, 0.15) is 19.3 Å². The van der Waals surface area contributed by atoms with Crippen LogP contribution in [0, 0.1) is 18.3 Å². The number of alkyl halides is 3. The second kappa shape index (κ2) is 7.50. The SMILES string of the molecule is C#CCOCCC(=O)N1CCC(C(O)C(F)(F)F)CC1. The molecule has 0 saturated carbocycles. The van der Waals surface area contributed by atoms with Crippen LogP contribution in [-0.4, -0.2) is 54.5 Å². The maximum Gasteiger partial charge on any atom is 0.414 e. The molecule has 0 radical (unpaired) electrons. The Bertz CT molecular complexity index is 357. The molecule has 20 heavy (non-hydrogen) atoms. The Morgan fingerprint density at radius 3 is 2.55 bits per heavy atom. The number of ether oxygens (including phenoxy) is 1. The molecule has 0 bridgehead atoms. The van der Waals surface area contributed by atoms with Gasteiger partial charge in [0.2, 0.25) is 5.91 Å². The van der Waals surface area contributed by atoms with E-state index in [-0.39, 0.29) is 51.5 Å². The normalized spacial score (nSPS) is 18.6. The molecule has 0 aromatic rings. The number of carbonyl (C=O) groups excluding carboxylic acids is 1. The molecular formula is C13H18F3NO3. The first-order valence-electron chi connectivity index (χ1n) is 6.40. The quantitative estimate of drug-likeness (QED) is 0.612. The van der Waals surface area contributed by atoms with E-state index in [1.54, 1.807) is 0 Å². The molecule has 1 amide bonds. The summed E-state index contributed by atoms with van der Waals surface area (Å²) < 4.78 is 42.1. The number of terminal acetylenes is 1. The lowest BCUT2D eigenvalue weighted by molar-refractivity contribution is -0.222. The van der Waals surface area contributed by atoms with Crippen molar-refractivity contribution in [3.05, 3.63) is 0 Å². The molecule has 0 aromatic heterocycles. The zero-order valence-corrected chi connectivity index (χ0v) is 11.0. The van der Waals surface area contributed by atoms with Crippen LogP contribution in [0.2, 0.25) is 0 Å². The van der Waals surface area contributed by atoms with Crippen LogP contribution >= 0.6 is 0 Å². The third-order valence-electron chi connectivity index (χ3n) is 3.32. The number of hydrogen-bond acceptors (Lipinski definition) is 3. The summed E-state index contributed by atoms with van der Waals surface area (Å²) >= 11 is 0. The molecule has 1 unspecified atom stereocenters. The zero-order chi connectivity index (χ0) is 15.2. The molecule has 4 nitrogen and oxygen atoms in total. The summed E-state index contributed by atoms with van der Waals surface area (Å²) in [6.07, 6.45) is -1.46. The van der Waals surface area contributed by atoms with E-state index in [0.717, 1.165) is 0 Å². The lowest BCUT2D eigenvalue weighted by Crippen LogP contribution is -2.45. The number of piperidine rings is 1. The van der Waals surface area contributed by atoms with Crippen molar-refractivity contribution in [2.24, 2.45) is 5.92 Å². The summed E-state index contributed by atoms with van der Waals surface area (Å²) in [5.74, 6) is 1.27. The van der Waals surface area contributed by atoms with E-state index in [9.17, 15) is 18.0 Å². The molecule has 114 valence electrons. The highest BCUT2D eigenvalue weighted by Crippen LogP contribution is 2.31. The topological polar surface area (TPSA) is 49.8 Å². The van der Waals surface area contributed by atoms with Gasteiger partial charge in [0.15, 0.2) is 6.10 Å². The smallest absolute Gasteiger partial charge is 0.383 e. The Labute approximate surface area is 115 Å². The molecule has 1 heterocycles. The lowest BCUT2D eigenvalue weighted by atomic mass is 9.91. The molecule has 0 aliphatic carbocycles. The third kappa shape index (κ3) is 5.02. The minimum Gasteiger partial charge on any atom is -0.383 e. The second-order valence-electron chi connectivity index (χ2n) is 4.71. The van der Waals surface area contributed by atoms with Gasteiger partial charge in [0.1, 0.15) is 6.61 Å². The fourth-order valence-corrected chi connectivity index (χ4v) is 2.18. The van der Waals surface area contributed by atoms with Gasteiger partial charge >= 0.3 is 6.18 Å². The van der Waals surface area contributed by atoms with Crippen LogP contribution in [0.4, 0.5) is 13.2 Å². The van der Waals surface area contributed by atoms with Gasteiger partial charge in [-0.1, -0.05) is 5.92 Å². The molecule has 1 N–H and O–H groups in total. The van der Waals surface area contributed by atoms with Crippen LogP contribution in [-0.2, 0) is 9.53 Å². The zero-order valence-electron chi connectivity index (χ0n) is 11.0. The lowest BCUT2D eigenvalue weighted by Gasteiger charge is -2.34. The average molecular weight is 293 g/mol. The Morgan fingerprint density at radius 1 is 1.45 bits per heavy atom. The predicted octanol–water partition coefficient (Wildman–Crippen LogP) is 1.19. The highest BCUT2D eigenvalue weighted by molar-refractivity contribution is 5.76. The van der Waals surface area contributed by atoms with Crippen molar-refractivity contribution in [2.45, 2.75) is 31.5 Å². The van der Waals surface area contributed by atoms with Gasteiger partial charge in [-0.25, -0.2) is 0 Å². The van der Waals surface area contributed by atoms with Crippen LogP contribution in [0.3, 0.4) is 0 Å². The van der Waals surface area contributed by atoms with Crippen molar-refractivity contribution in [1.29, 1.82) is 0 Å². The average Bonchev–Trinajstić information content (AvgIpc) is 2.41. The number of amides is 1. The minimum absolute atomic E-state index is 0.132. The van der Waals surface area contributed by atoms with Gasteiger partial charge in [-0.2, -0.15) is 13.2 Å². The first-order chi connectivity index (χ1) is 9.36. The van der Waals surface area contributed by atoms with Crippen LogP contribution in [0.25, 0.3) is 0 Å². The van der Waals surface area contributed by atoms with E-state index in [0.29, 0.717) is 0 Å². The number of nitrogens with zero attached hydrogens (tertiary/aromatic N) is 1. The molecule has 1 atom stereocenters. The first-order valence-corrected chi connectivity index (χ1v) is 6.40. The van der Waals surface area contributed by atoms with Crippen molar-refractivity contribution in [1.82, 2.24) is 4.90 Å². The highest BCUT2D eigenvalue weighted by Gasteiger charge is 2.44. The van der Waals surface area contributed by atoms with Gasteiger partial charge in [0, 0.05) is 13.1 Å². The fraction of sp³-hybridized carbons (Fsp3) is 0.769. The van der Waals surface area contributed by atoms with Crippen molar-refractivity contribution in [3.8, 4) is 12.3 Å². The third-order valence-corrected chi connectivity index (χ3v) is 3.32. The summed E-state index contributed by atoms with van der Waals surface area (Å²) in [4.78, 5) is 13.2. The highest BCUT2D eigenvalue weighted by atomic mass is 19.4. The first kappa shape index (κ1) is 16.8. The van der Waals surface area contributed by atoms with Crippen LogP contribution < -0.4 is 0 Å². The molecule has 7 heteroatoms. The van der Waals surface area contributed by atoms with Crippen molar-refractivity contribution < 1.29 is 27.8 Å². The minimum atomic E-state index is -4.60. The summed E-state index contributed by atoms with van der Waals surface area (Å²) in [6.45, 7) is 0.791. The van der Waals surface area contributed by atoms with Crippen molar-refractivity contribution in [2.75, 3.05) is 26.3 Å². The second-order valence-corrected chi connectivity index (χ2v) is 4.71. The molecule has 1 saturated heterocycles. The van der Waals surface area contributed by atoms with Gasteiger partial charge in [-0.15, -0.1) is 6.42 Å².